The van der Waals surface area contributed by atoms with Gasteiger partial charge in [-0.15, -0.1) is 0 Å². The van der Waals surface area contributed by atoms with Crippen molar-refractivity contribution in [3.8, 4) is 5.75 Å². The molecule has 0 aliphatic carbocycles. The van der Waals surface area contributed by atoms with E-state index < -0.39 is 5.54 Å². The highest BCUT2D eigenvalue weighted by atomic mass is 19.1. The zero-order valence-corrected chi connectivity index (χ0v) is 22.3. The highest BCUT2D eigenvalue weighted by molar-refractivity contribution is 5.97. The number of imidazole rings is 1. The van der Waals surface area contributed by atoms with Crippen molar-refractivity contribution in [2.75, 3.05) is 31.6 Å². The van der Waals surface area contributed by atoms with Gasteiger partial charge in [0.05, 0.1) is 18.3 Å². The van der Waals surface area contributed by atoms with Gasteiger partial charge in [0.2, 0.25) is 0 Å². The minimum Gasteiger partial charge on any atom is -0.496 e. The lowest BCUT2D eigenvalue weighted by molar-refractivity contribution is 0.205. The van der Waals surface area contributed by atoms with Crippen LogP contribution in [0.5, 0.6) is 5.75 Å². The quantitative estimate of drug-likeness (QED) is 0.484. The van der Waals surface area contributed by atoms with Gasteiger partial charge in [-0.2, -0.15) is 0 Å². The monoisotopic (exact) mass is 505 g/mol. The molecule has 1 spiro atoms. The first-order valence-electron chi connectivity index (χ1n) is 13.0. The van der Waals surface area contributed by atoms with Crippen LogP contribution in [0.2, 0.25) is 0 Å². The zero-order valence-electron chi connectivity index (χ0n) is 22.3. The van der Waals surface area contributed by atoms with Crippen molar-refractivity contribution in [2.45, 2.75) is 58.2 Å². The standard InChI is InChI=1S/C29H36FN5O2/c1-6-27-31-20(4)25(32-27)16-33-15-24(23-12-7-8-13-26(23)37-5)29(17-33)18-34(19(2)3)28(36)35(29)22-11-9-10-21(30)14-22/h7-14,19,24H,6,15-18H2,1-5H3,(H,31,32)/t24-,29-/m1/s1. The van der Waals surface area contributed by atoms with E-state index in [0.29, 0.717) is 25.3 Å². The van der Waals surface area contributed by atoms with E-state index in [1.165, 1.54) is 12.1 Å². The summed E-state index contributed by atoms with van der Waals surface area (Å²) < 4.78 is 20.3. The number of aromatic nitrogens is 2. The predicted octanol–water partition coefficient (Wildman–Crippen LogP) is 5.12. The third kappa shape index (κ3) is 4.37. The number of benzene rings is 2. The molecule has 0 bridgehead atoms. The lowest BCUT2D eigenvalue weighted by Crippen LogP contribution is -2.53. The Bertz CT molecular complexity index is 1290. The highest BCUT2D eigenvalue weighted by Gasteiger charge is 2.60. The first-order chi connectivity index (χ1) is 17.8. The Morgan fingerprint density at radius 1 is 1.19 bits per heavy atom. The second-order valence-corrected chi connectivity index (χ2v) is 10.5. The van der Waals surface area contributed by atoms with Crippen LogP contribution >= 0.6 is 0 Å². The third-order valence-corrected chi connectivity index (χ3v) is 7.86. The Kier molecular flexibility index (Phi) is 6.70. The van der Waals surface area contributed by atoms with Crippen molar-refractivity contribution in [1.29, 1.82) is 0 Å². The predicted molar refractivity (Wildman–Crippen MR) is 143 cm³/mol. The topological polar surface area (TPSA) is 64.7 Å². The molecule has 2 aliphatic rings. The minimum atomic E-state index is -0.610. The van der Waals surface area contributed by atoms with Crippen LogP contribution in [0.25, 0.3) is 0 Å². The van der Waals surface area contributed by atoms with Gasteiger partial charge < -0.3 is 14.6 Å². The van der Waals surface area contributed by atoms with Crippen molar-refractivity contribution in [2.24, 2.45) is 0 Å². The maximum atomic E-state index is 14.5. The number of hydrogen-bond acceptors (Lipinski definition) is 4. The molecular weight excluding hydrogens is 469 g/mol. The smallest absolute Gasteiger partial charge is 0.325 e. The maximum Gasteiger partial charge on any atom is 0.325 e. The van der Waals surface area contributed by atoms with E-state index in [4.69, 9.17) is 9.72 Å². The summed E-state index contributed by atoms with van der Waals surface area (Å²) in [6.45, 7) is 10.8. The molecule has 2 saturated heterocycles. The Morgan fingerprint density at radius 3 is 2.65 bits per heavy atom. The largest absolute Gasteiger partial charge is 0.496 e. The van der Waals surface area contributed by atoms with Crippen molar-refractivity contribution in [3.05, 3.63) is 77.1 Å². The number of hydrogen-bond donors (Lipinski definition) is 1. The van der Waals surface area contributed by atoms with Crippen molar-refractivity contribution < 1.29 is 13.9 Å². The molecule has 0 unspecified atom stereocenters. The van der Waals surface area contributed by atoms with Gasteiger partial charge in [-0.25, -0.2) is 14.2 Å². The van der Waals surface area contributed by atoms with Crippen LogP contribution in [0.1, 0.15) is 49.5 Å². The van der Waals surface area contributed by atoms with Gasteiger partial charge in [0, 0.05) is 61.5 Å². The van der Waals surface area contributed by atoms with Crippen LogP contribution in [-0.2, 0) is 13.0 Å². The van der Waals surface area contributed by atoms with Gasteiger partial charge in [0.15, 0.2) is 0 Å². The van der Waals surface area contributed by atoms with Crippen molar-refractivity contribution in [3.63, 3.8) is 0 Å². The molecule has 2 aromatic carbocycles. The van der Waals surface area contributed by atoms with Gasteiger partial charge in [-0.05, 0) is 45.0 Å². The van der Waals surface area contributed by atoms with Crippen LogP contribution in [0, 0.1) is 12.7 Å². The number of aryl methyl sites for hydroxylation is 2. The number of halogens is 1. The number of urea groups is 1. The van der Waals surface area contributed by atoms with Gasteiger partial charge >= 0.3 is 6.03 Å². The zero-order chi connectivity index (χ0) is 26.3. The number of likely N-dealkylation sites (tertiary alicyclic amines) is 1. The van der Waals surface area contributed by atoms with E-state index in [0.717, 1.165) is 41.5 Å². The molecule has 5 rings (SSSR count). The lowest BCUT2D eigenvalue weighted by Gasteiger charge is -2.38. The lowest BCUT2D eigenvalue weighted by atomic mass is 9.80. The number of carbonyl (C=O) groups is 1. The number of anilines is 1. The first kappa shape index (κ1) is 25.3. The molecule has 1 aromatic heterocycles. The van der Waals surface area contributed by atoms with E-state index in [1.807, 2.05) is 47.9 Å². The van der Waals surface area contributed by atoms with Gasteiger partial charge in [-0.1, -0.05) is 31.2 Å². The Balaban J connectivity index is 1.64. The second kappa shape index (κ2) is 9.82. The number of carbonyl (C=O) groups excluding carboxylic acids is 1. The number of aromatic amines is 1. The summed E-state index contributed by atoms with van der Waals surface area (Å²) in [4.78, 5) is 28.3. The van der Waals surface area contributed by atoms with Gasteiger partial charge in [0.25, 0.3) is 0 Å². The normalized spacial score (nSPS) is 22.1. The molecule has 2 aliphatic heterocycles. The molecule has 3 aromatic rings. The molecular formula is C29H36FN5O2. The fourth-order valence-electron chi connectivity index (χ4n) is 6.07. The van der Waals surface area contributed by atoms with E-state index >= 15 is 0 Å². The Hall–Kier alpha value is -3.39. The van der Waals surface area contributed by atoms with Gasteiger partial charge in [0.1, 0.15) is 17.4 Å². The molecule has 37 heavy (non-hydrogen) atoms. The van der Waals surface area contributed by atoms with Crippen LogP contribution in [0.15, 0.2) is 48.5 Å². The number of rotatable bonds is 7. The number of nitrogens with one attached hydrogen (secondary N) is 1. The number of para-hydroxylation sites is 1. The summed E-state index contributed by atoms with van der Waals surface area (Å²) in [5.74, 6) is 1.37. The fraction of sp³-hybridized carbons (Fsp3) is 0.448. The van der Waals surface area contributed by atoms with Crippen LogP contribution in [0.3, 0.4) is 0 Å². The molecule has 1 N–H and O–H groups in total. The third-order valence-electron chi connectivity index (χ3n) is 7.86. The molecule has 7 nitrogen and oxygen atoms in total. The van der Waals surface area contributed by atoms with Gasteiger partial charge in [-0.3, -0.25) is 9.80 Å². The number of nitrogens with zero attached hydrogens (tertiary/aromatic N) is 4. The molecule has 0 radical (unpaired) electrons. The molecule has 3 heterocycles. The molecule has 196 valence electrons. The van der Waals surface area contributed by atoms with Crippen LogP contribution in [0.4, 0.5) is 14.9 Å². The first-order valence-corrected chi connectivity index (χ1v) is 13.0. The maximum absolute atomic E-state index is 14.5. The van der Waals surface area contributed by atoms with E-state index in [2.05, 4.69) is 29.8 Å². The van der Waals surface area contributed by atoms with E-state index in [9.17, 15) is 9.18 Å². The van der Waals surface area contributed by atoms with Crippen LogP contribution < -0.4 is 9.64 Å². The summed E-state index contributed by atoms with van der Waals surface area (Å²) in [5.41, 5.74) is 3.12. The summed E-state index contributed by atoms with van der Waals surface area (Å²) in [5, 5.41) is 0. The average molecular weight is 506 g/mol. The molecule has 2 atom stereocenters. The fourth-order valence-corrected chi connectivity index (χ4v) is 6.07. The van der Waals surface area contributed by atoms with E-state index in [1.54, 1.807) is 13.2 Å². The highest BCUT2D eigenvalue weighted by Crippen LogP contribution is 2.49. The number of ether oxygens (including phenoxy) is 1. The summed E-state index contributed by atoms with van der Waals surface area (Å²) in [6.07, 6.45) is 0.847. The number of H-pyrrole nitrogens is 1. The summed E-state index contributed by atoms with van der Waals surface area (Å²) >= 11 is 0. The summed E-state index contributed by atoms with van der Waals surface area (Å²) in [7, 11) is 1.68. The Labute approximate surface area is 218 Å². The SMILES string of the molecule is CCc1nc(CN2C[C@H](c3ccccc3OC)[C@@]3(C2)CN(C(C)C)C(=O)N3c2cccc(F)c2)c(C)[nH]1. The molecule has 0 saturated carbocycles. The summed E-state index contributed by atoms with van der Waals surface area (Å²) in [6, 6.07) is 14.4. The number of methoxy groups -OCH3 is 1. The van der Waals surface area contributed by atoms with Crippen LogP contribution in [-0.4, -0.2) is 64.1 Å². The molecule has 2 fully saturated rings. The second-order valence-electron chi connectivity index (χ2n) is 10.5. The van der Waals surface area contributed by atoms with E-state index in [-0.39, 0.29) is 23.8 Å². The average Bonchev–Trinajstić information content (AvgIpc) is 3.52. The van der Waals surface area contributed by atoms with Crippen molar-refractivity contribution in [1.82, 2.24) is 19.8 Å². The van der Waals surface area contributed by atoms with Crippen molar-refractivity contribution >= 4 is 11.7 Å². The molecule has 8 heteroatoms. The minimum absolute atomic E-state index is 0.0102. The molecule has 2 amide bonds. The number of amides is 2. The Morgan fingerprint density at radius 2 is 1.97 bits per heavy atom.